The van der Waals surface area contributed by atoms with Gasteiger partial charge in [0, 0.05) is 32.0 Å². The third-order valence-corrected chi connectivity index (χ3v) is 3.61. The largest absolute Gasteiger partial charge is 0.493 e. The predicted octanol–water partition coefficient (Wildman–Crippen LogP) is 1.16. The number of aryl methyl sites for hydroxylation is 1. The average molecular weight is 362 g/mol. The highest BCUT2D eigenvalue weighted by Crippen LogP contribution is 2.29. The molecule has 1 aromatic carbocycles. The quantitative estimate of drug-likeness (QED) is 0.794. The van der Waals surface area contributed by atoms with Crippen molar-refractivity contribution in [2.24, 2.45) is 7.05 Å². The molecule has 0 saturated carbocycles. The van der Waals surface area contributed by atoms with Crippen LogP contribution in [0.3, 0.4) is 0 Å². The molecule has 1 heterocycles. The minimum atomic E-state index is -0.364. The Kier molecular flexibility index (Phi) is 6.05. The van der Waals surface area contributed by atoms with Crippen LogP contribution in [-0.2, 0) is 11.8 Å². The van der Waals surface area contributed by atoms with Gasteiger partial charge in [-0.1, -0.05) is 0 Å². The zero-order valence-electron chi connectivity index (χ0n) is 15.4. The molecule has 2 amide bonds. The molecule has 9 nitrogen and oxygen atoms in total. The zero-order chi connectivity index (χ0) is 19.3. The Hall–Kier alpha value is -3.23. The number of amides is 2. The van der Waals surface area contributed by atoms with Gasteiger partial charge < -0.3 is 24.4 Å². The van der Waals surface area contributed by atoms with E-state index in [4.69, 9.17) is 14.2 Å². The number of ether oxygens (including phenoxy) is 3. The summed E-state index contributed by atoms with van der Waals surface area (Å²) < 4.78 is 16.9. The van der Waals surface area contributed by atoms with Crippen LogP contribution in [0.15, 0.2) is 24.4 Å². The number of methoxy groups -OCH3 is 3. The molecule has 0 spiro atoms. The van der Waals surface area contributed by atoms with Crippen LogP contribution in [0.5, 0.6) is 17.4 Å². The average Bonchev–Trinajstić information content (AvgIpc) is 3.01. The monoisotopic (exact) mass is 362 g/mol. The van der Waals surface area contributed by atoms with Crippen LogP contribution in [0.25, 0.3) is 0 Å². The normalized spacial score (nSPS) is 10.2. The van der Waals surface area contributed by atoms with Crippen molar-refractivity contribution < 1.29 is 23.8 Å². The number of hydrogen-bond donors (Lipinski definition) is 1. The van der Waals surface area contributed by atoms with Crippen molar-refractivity contribution >= 4 is 17.5 Å². The van der Waals surface area contributed by atoms with Crippen molar-refractivity contribution in [2.45, 2.75) is 0 Å². The topological polar surface area (TPSA) is 94.9 Å². The second kappa shape index (κ2) is 8.24. The molecule has 2 aromatic rings. The summed E-state index contributed by atoms with van der Waals surface area (Å²) in [7, 11) is 7.69. The molecule has 0 atom stereocenters. The van der Waals surface area contributed by atoms with Crippen LogP contribution in [0.2, 0.25) is 0 Å². The molecule has 1 aromatic heterocycles. The van der Waals surface area contributed by atoms with Gasteiger partial charge in [-0.25, -0.2) is 0 Å². The van der Waals surface area contributed by atoms with E-state index in [0.29, 0.717) is 17.2 Å². The molecule has 0 radical (unpaired) electrons. The highest BCUT2D eigenvalue weighted by atomic mass is 16.5. The highest BCUT2D eigenvalue weighted by molar-refractivity contribution is 6.00. The fraction of sp³-hybridized carbons (Fsp3) is 0.353. The van der Waals surface area contributed by atoms with Gasteiger partial charge in [0.15, 0.2) is 11.5 Å². The first-order valence-electron chi connectivity index (χ1n) is 7.74. The summed E-state index contributed by atoms with van der Waals surface area (Å²) in [5.74, 6) is 0.550. The number of aromatic nitrogens is 2. The van der Waals surface area contributed by atoms with E-state index in [2.05, 4.69) is 10.4 Å². The van der Waals surface area contributed by atoms with Crippen molar-refractivity contribution in [3.05, 3.63) is 30.0 Å². The first-order valence-corrected chi connectivity index (χ1v) is 7.74. The van der Waals surface area contributed by atoms with E-state index < -0.39 is 0 Å². The van der Waals surface area contributed by atoms with E-state index >= 15 is 0 Å². The standard InChI is InChI=1S/C17H22N4O5/c1-20(17(23)12-9-21(2)19-16(12)26-5)10-15(22)18-11-6-7-13(24-3)14(8-11)25-4/h6-9H,10H2,1-5H3,(H,18,22). The summed E-state index contributed by atoms with van der Waals surface area (Å²) in [4.78, 5) is 26.0. The molecule has 0 aliphatic rings. The molecule has 0 saturated heterocycles. The minimum absolute atomic E-state index is 0.134. The zero-order valence-corrected chi connectivity index (χ0v) is 15.4. The van der Waals surface area contributed by atoms with Crippen LogP contribution < -0.4 is 19.5 Å². The molecule has 26 heavy (non-hydrogen) atoms. The molecule has 0 fully saturated rings. The van der Waals surface area contributed by atoms with Crippen LogP contribution in [0, 0.1) is 0 Å². The fourth-order valence-corrected chi connectivity index (χ4v) is 2.37. The van der Waals surface area contributed by atoms with E-state index in [1.54, 1.807) is 31.4 Å². The molecule has 140 valence electrons. The molecule has 2 rings (SSSR count). The van der Waals surface area contributed by atoms with Crippen molar-refractivity contribution in [2.75, 3.05) is 40.2 Å². The lowest BCUT2D eigenvalue weighted by Crippen LogP contribution is -2.35. The number of nitrogens with one attached hydrogen (secondary N) is 1. The Labute approximate surface area is 151 Å². The van der Waals surface area contributed by atoms with Crippen LogP contribution in [-0.4, -0.2) is 61.4 Å². The predicted molar refractivity (Wildman–Crippen MR) is 94.9 cm³/mol. The minimum Gasteiger partial charge on any atom is -0.493 e. The van der Waals surface area contributed by atoms with Crippen molar-refractivity contribution in [3.63, 3.8) is 0 Å². The van der Waals surface area contributed by atoms with Gasteiger partial charge in [0.25, 0.3) is 5.91 Å². The number of nitrogens with zero attached hydrogens (tertiary/aromatic N) is 3. The van der Waals surface area contributed by atoms with E-state index in [9.17, 15) is 9.59 Å². The Balaban J connectivity index is 2.04. The van der Waals surface area contributed by atoms with Crippen molar-refractivity contribution in [1.82, 2.24) is 14.7 Å². The lowest BCUT2D eigenvalue weighted by atomic mass is 10.2. The van der Waals surface area contributed by atoms with Gasteiger partial charge in [-0.05, 0) is 12.1 Å². The van der Waals surface area contributed by atoms with E-state index in [0.717, 1.165) is 0 Å². The Morgan fingerprint density at radius 1 is 1.15 bits per heavy atom. The van der Waals surface area contributed by atoms with E-state index in [1.165, 1.54) is 38.0 Å². The maximum absolute atomic E-state index is 12.5. The van der Waals surface area contributed by atoms with Crippen LogP contribution in [0.4, 0.5) is 5.69 Å². The number of carbonyl (C=O) groups is 2. The van der Waals surface area contributed by atoms with Crippen molar-refractivity contribution in [3.8, 4) is 17.4 Å². The summed E-state index contributed by atoms with van der Waals surface area (Å²) >= 11 is 0. The van der Waals surface area contributed by atoms with Gasteiger partial charge in [-0.3, -0.25) is 14.3 Å². The van der Waals surface area contributed by atoms with Gasteiger partial charge in [-0.15, -0.1) is 5.10 Å². The highest BCUT2D eigenvalue weighted by Gasteiger charge is 2.21. The van der Waals surface area contributed by atoms with Crippen LogP contribution >= 0.6 is 0 Å². The molecule has 0 bridgehead atoms. The molecule has 0 aliphatic heterocycles. The fourth-order valence-electron chi connectivity index (χ4n) is 2.37. The molecule has 0 unspecified atom stereocenters. The number of benzene rings is 1. The smallest absolute Gasteiger partial charge is 0.261 e. The number of hydrogen-bond acceptors (Lipinski definition) is 6. The third kappa shape index (κ3) is 4.24. The Morgan fingerprint density at radius 2 is 1.85 bits per heavy atom. The van der Waals surface area contributed by atoms with Gasteiger partial charge in [0.1, 0.15) is 5.56 Å². The lowest BCUT2D eigenvalue weighted by Gasteiger charge is -2.17. The molecule has 0 aliphatic carbocycles. The number of carbonyl (C=O) groups excluding carboxylic acids is 2. The van der Waals surface area contributed by atoms with Gasteiger partial charge >= 0.3 is 0 Å². The second-order valence-electron chi connectivity index (χ2n) is 5.50. The third-order valence-electron chi connectivity index (χ3n) is 3.61. The SMILES string of the molecule is COc1ccc(NC(=O)CN(C)C(=O)c2cn(C)nc2OC)cc1OC. The van der Waals surface area contributed by atoms with Gasteiger partial charge in [0.2, 0.25) is 11.8 Å². The molecular formula is C17H22N4O5. The van der Waals surface area contributed by atoms with Gasteiger partial charge in [-0.2, -0.15) is 0 Å². The Bertz CT molecular complexity index is 802. The number of likely N-dealkylation sites (N-methyl/N-ethyl adjacent to an activating group) is 1. The van der Waals surface area contributed by atoms with Crippen LogP contribution in [0.1, 0.15) is 10.4 Å². The first-order chi connectivity index (χ1) is 12.4. The molecule has 9 heteroatoms. The second-order valence-corrected chi connectivity index (χ2v) is 5.50. The van der Waals surface area contributed by atoms with E-state index in [1.807, 2.05) is 0 Å². The molecular weight excluding hydrogens is 340 g/mol. The maximum Gasteiger partial charge on any atom is 0.261 e. The van der Waals surface area contributed by atoms with Crippen molar-refractivity contribution in [1.29, 1.82) is 0 Å². The number of anilines is 1. The summed E-state index contributed by atoms with van der Waals surface area (Å²) in [5, 5.41) is 6.75. The first kappa shape index (κ1) is 19.1. The lowest BCUT2D eigenvalue weighted by molar-refractivity contribution is -0.116. The summed E-state index contributed by atoms with van der Waals surface area (Å²) in [6, 6.07) is 5.01. The van der Waals surface area contributed by atoms with Gasteiger partial charge in [0.05, 0.1) is 27.9 Å². The van der Waals surface area contributed by atoms with E-state index in [-0.39, 0.29) is 29.8 Å². The number of rotatable bonds is 7. The summed E-state index contributed by atoms with van der Waals surface area (Å²) in [5.41, 5.74) is 0.823. The molecule has 1 N–H and O–H groups in total. The maximum atomic E-state index is 12.5. The summed E-state index contributed by atoms with van der Waals surface area (Å²) in [6.45, 7) is -0.134. The summed E-state index contributed by atoms with van der Waals surface area (Å²) in [6.07, 6.45) is 1.55. The Morgan fingerprint density at radius 3 is 2.46 bits per heavy atom.